The van der Waals surface area contributed by atoms with Crippen molar-refractivity contribution in [3.63, 3.8) is 0 Å². The zero-order chi connectivity index (χ0) is 18.7. The van der Waals surface area contributed by atoms with Crippen LogP contribution < -0.4 is 0 Å². The van der Waals surface area contributed by atoms with Gasteiger partial charge in [0.05, 0.1) is 11.8 Å². The second-order valence-electron chi connectivity index (χ2n) is 6.91. The van der Waals surface area contributed by atoms with Crippen LogP contribution in [0.2, 0.25) is 0 Å². The lowest BCUT2D eigenvalue weighted by molar-refractivity contribution is -0.150. The van der Waals surface area contributed by atoms with Crippen molar-refractivity contribution in [2.45, 2.75) is 65.8 Å². The van der Waals surface area contributed by atoms with Crippen LogP contribution in [0.5, 0.6) is 0 Å². The van der Waals surface area contributed by atoms with Gasteiger partial charge < -0.3 is 14.2 Å². The Morgan fingerprint density at radius 1 is 1.16 bits per heavy atom. The second kappa shape index (κ2) is 7.85. The summed E-state index contributed by atoms with van der Waals surface area (Å²) in [6, 6.07) is 0. The van der Waals surface area contributed by atoms with Gasteiger partial charge in [-0.3, -0.25) is 14.4 Å². The fourth-order valence-corrected chi connectivity index (χ4v) is 3.51. The number of carbonyl (C=O) groups is 3. The van der Waals surface area contributed by atoms with E-state index >= 15 is 0 Å². The molecule has 0 unspecified atom stereocenters. The van der Waals surface area contributed by atoms with E-state index in [9.17, 15) is 14.4 Å². The molecular weight excluding hydrogens is 324 g/mol. The first-order chi connectivity index (χ1) is 11.7. The quantitative estimate of drug-likeness (QED) is 0.433. The summed E-state index contributed by atoms with van der Waals surface area (Å²) in [7, 11) is 0. The van der Waals surface area contributed by atoms with Crippen LogP contribution in [0.3, 0.4) is 0 Å². The van der Waals surface area contributed by atoms with Gasteiger partial charge in [0.2, 0.25) is 0 Å². The van der Waals surface area contributed by atoms with Crippen molar-refractivity contribution in [3.8, 4) is 0 Å². The van der Waals surface area contributed by atoms with Gasteiger partial charge in [-0.2, -0.15) is 0 Å². The fourth-order valence-electron chi connectivity index (χ4n) is 3.51. The summed E-state index contributed by atoms with van der Waals surface area (Å²) in [6.45, 7) is 8.33. The van der Waals surface area contributed by atoms with Gasteiger partial charge in [0.15, 0.2) is 0 Å². The topological polar surface area (TPSA) is 78.9 Å². The first kappa shape index (κ1) is 19.2. The molecule has 0 aromatic heterocycles. The van der Waals surface area contributed by atoms with Crippen LogP contribution in [0.25, 0.3) is 0 Å². The van der Waals surface area contributed by atoms with E-state index in [2.05, 4.69) is 0 Å². The lowest BCUT2D eigenvalue weighted by atomic mass is 9.82. The maximum absolute atomic E-state index is 12.1. The van der Waals surface area contributed by atoms with E-state index < -0.39 is 18.3 Å². The molecule has 0 saturated carbocycles. The van der Waals surface area contributed by atoms with Crippen molar-refractivity contribution < 1.29 is 28.6 Å². The number of hydrogen-bond acceptors (Lipinski definition) is 6. The van der Waals surface area contributed by atoms with Gasteiger partial charge in [0.25, 0.3) is 0 Å². The van der Waals surface area contributed by atoms with Crippen LogP contribution in [-0.4, -0.2) is 36.2 Å². The molecule has 2 rings (SSSR count). The minimum Gasteiger partial charge on any atom is -0.462 e. The van der Waals surface area contributed by atoms with Gasteiger partial charge in [-0.25, -0.2) is 0 Å². The predicted octanol–water partition coefficient (Wildman–Crippen LogP) is 2.71. The Bertz CT molecular complexity index is 617. The summed E-state index contributed by atoms with van der Waals surface area (Å²) in [5.41, 5.74) is 1.84. The van der Waals surface area contributed by atoms with E-state index in [1.54, 1.807) is 6.92 Å². The SMILES string of the molecule is CC(=O)O[C@H]1C/C=C(/C)C[C@@H](OC(C)=O)[C@@H]2[C@H](/C=C\1C)OC(=O)[C@@H]2C. The average molecular weight is 350 g/mol. The highest BCUT2D eigenvalue weighted by atomic mass is 16.6. The number of esters is 3. The zero-order valence-corrected chi connectivity index (χ0v) is 15.4. The van der Waals surface area contributed by atoms with E-state index in [0.29, 0.717) is 12.8 Å². The summed E-state index contributed by atoms with van der Waals surface area (Å²) in [6.07, 6.45) is 3.52. The molecule has 1 aliphatic heterocycles. The third-order valence-corrected chi connectivity index (χ3v) is 4.77. The number of hydrogen-bond donors (Lipinski definition) is 0. The van der Waals surface area contributed by atoms with E-state index in [4.69, 9.17) is 14.2 Å². The second-order valence-corrected chi connectivity index (χ2v) is 6.91. The van der Waals surface area contributed by atoms with Crippen LogP contribution in [0.15, 0.2) is 23.3 Å². The predicted molar refractivity (Wildman–Crippen MR) is 90.4 cm³/mol. The molecule has 138 valence electrons. The Morgan fingerprint density at radius 3 is 2.40 bits per heavy atom. The van der Waals surface area contributed by atoms with Crippen LogP contribution in [0.4, 0.5) is 0 Å². The molecule has 2 aliphatic rings. The van der Waals surface area contributed by atoms with Crippen molar-refractivity contribution in [2.24, 2.45) is 11.8 Å². The summed E-state index contributed by atoms with van der Waals surface area (Å²) < 4.78 is 16.4. The maximum atomic E-state index is 12.1. The largest absolute Gasteiger partial charge is 0.462 e. The zero-order valence-electron chi connectivity index (χ0n) is 15.4. The molecule has 0 amide bonds. The van der Waals surface area contributed by atoms with Crippen LogP contribution in [-0.2, 0) is 28.6 Å². The van der Waals surface area contributed by atoms with E-state index in [1.165, 1.54) is 13.8 Å². The molecule has 0 bridgehead atoms. The Balaban J connectivity index is 2.41. The van der Waals surface area contributed by atoms with Crippen molar-refractivity contribution in [3.05, 3.63) is 23.3 Å². The van der Waals surface area contributed by atoms with Crippen molar-refractivity contribution in [1.29, 1.82) is 0 Å². The molecule has 6 heteroatoms. The summed E-state index contributed by atoms with van der Waals surface area (Å²) in [5, 5.41) is 0. The molecule has 1 heterocycles. The molecule has 5 atom stereocenters. The lowest BCUT2D eigenvalue weighted by Crippen LogP contribution is -2.35. The van der Waals surface area contributed by atoms with E-state index in [0.717, 1.165) is 11.1 Å². The number of ether oxygens (including phenoxy) is 3. The van der Waals surface area contributed by atoms with E-state index in [-0.39, 0.29) is 29.7 Å². The van der Waals surface area contributed by atoms with Gasteiger partial charge >= 0.3 is 17.9 Å². The summed E-state index contributed by atoms with van der Waals surface area (Å²) in [4.78, 5) is 35.1. The molecule has 0 spiro atoms. The van der Waals surface area contributed by atoms with Gasteiger partial charge in [-0.15, -0.1) is 0 Å². The molecule has 1 saturated heterocycles. The van der Waals surface area contributed by atoms with Gasteiger partial charge in [-0.1, -0.05) is 18.6 Å². The highest BCUT2D eigenvalue weighted by Crippen LogP contribution is 2.37. The standard InChI is InChI=1S/C19H26O6/c1-10-6-7-15(23-13(4)20)11(2)9-17-18(12(3)19(22)25-17)16(8-10)24-14(5)21/h6,9,12,15-18H,7-8H2,1-5H3/b10-6-,11-9-/t12-,15+,16-,17+,18-/m1/s1. The fraction of sp³-hybridized carbons (Fsp3) is 0.632. The van der Waals surface area contributed by atoms with Crippen molar-refractivity contribution in [1.82, 2.24) is 0 Å². The lowest BCUT2D eigenvalue weighted by Gasteiger charge is -2.29. The Morgan fingerprint density at radius 2 is 1.80 bits per heavy atom. The van der Waals surface area contributed by atoms with Crippen LogP contribution >= 0.6 is 0 Å². The normalized spacial score (nSPS) is 36.8. The number of carbonyl (C=O) groups excluding carboxylic acids is 3. The maximum Gasteiger partial charge on any atom is 0.309 e. The minimum absolute atomic E-state index is 0.272. The van der Waals surface area contributed by atoms with Crippen molar-refractivity contribution in [2.75, 3.05) is 0 Å². The molecule has 0 radical (unpaired) electrons. The first-order valence-corrected chi connectivity index (χ1v) is 8.58. The smallest absolute Gasteiger partial charge is 0.309 e. The molecule has 1 fully saturated rings. The van der Waals surface area contributed by atoms with Crippen molar-refractivity contribution >= 4 is 17.9 Å². The Hall–Kier alpha value is -2.11. The average Bonchev–Trinajstić information content (AvgIpc) is 2.75. The molecule has 6 nitrogen and oxygen atoms in total. The monoisotopic (exact) mass is 350 g/mol. The number of rotatable bonds is 2. The van der Waals surface area contributed by atoms with Crippen LogP contribution in [0, 0.1) is 11.8 Å². The van der Waals surface area contributed by atoms with Gasteiger partial charge in [0.1, 0.15) is 18.3 Å². The third-order valence-electron chi connectivity index (χ3n) is 4.77. The Labute approximate surface area is 148 Å². The molecule has 0 aromatic rings. The summed E-state index contributed by atoms with van der Waals surface area (Å²) in [5.74, 6) is -1.68. The van der Waals surface area contributed by atoms with Crippen LogP contribution in [0.1, 0.15) is 47.5 Å². The van der Waals surface area contributed by atoms with E-state index in [1.807, 2.05) is 26.0 Å². The molecule has 1 aliphatic carbocycles. The highest BCUT2D eigenvalue weighted by molar-refractivity contribution is 5.75. The molecule has 25 heavy (non-hydrogen) atoms. The third kappa shape index (κ3) is 4.71. The highest BCUT2D eigenvalue weighted by Gasteiger charge is 2.47. The molecule has 0 aromatic carbocycles. The van der Waals surface area contributed by atoms with Gasteiger partial charge in [0, 0.05) is 26.7 Å². The minimum atomic E-state index is -0.504. The first-order valence-electron chi connectivity index (χ1n) is 8.58. The number of fused-ring (bicyclic) bond motifs is 1. The molecule has 0 N–H and O–H groups in total. The summed E-state index contributed by atoms with van der Waals surface area (Å²) >= 11 is 0. The molecular formula is C19H26O6. The van der Waals surface area contributed by atoms with Gasteiger partial charge in [-0.05, 0) is 25.5 Å². The Kier molecular flexibility index (Phi) is 6.03.